The highest BCUT2D eigenvalue weighted by molar-refractivity contribution is 8.13. The van der Waals surface area contributed by atoms with Crippen molar-refractivity contribution in [3.05, 3.63) is 24.3 Å². The molecule has 0 aliphatic rings. The van der Waals surface area contributed by atoms with Crippen LogP contribution in [0.4, 0.5) is 0 Å². The number of nitrogens with two attached hydrogens (primary N) is 2. The molecular formula is C12H19N3O2S. The summed E-state index contributed by atoms with van der Waals surface area (Å²) in [6.07, 6.45) is 1.000. The zero-order valence-electron chi connectivity index (χ0n) is 10.5. The first-order valence-corrected chi connectivity index (χ1v) is 6.76. The molecule has 0 fully saturated rings. The second-order valence-electron chi connectivity index (χ2n) is 3.48. The lowest BCUT2D eigenvalue weighted by Crippen LogP contribution is -2.12. The topological polar surface area (TPSA) is 82.9 Å². The number of thioether (sulfide) groups is 1. The van der Waals surface area contributed by atoms with Gasteiger partial charge in [-0.05, 0) is 30.7 Å². The summed E-state index contributed by atoms with van der Waals surface area (Å²) in [5, 5.41) is 3.72. The molecule has 1 aromatic carbocycles. The molecule has 0 heterocycles. The maximum Gasteiger partial charge on any atom is 0.177 e. The van der Waals surface area contributed by atoms with Gasteiger partial charge in [0.1, 0.15) is 11.5 Å². The number of rotatable bonds is 7. The Kier molecular flexibility index (Phi) is 6.86. The van der Waals surface area contributed by atoms with Crippen LogP contribution in [0.3, 0.4) is 0 Å². The Morgan fingerprint density at radius 3 is 2.22 bits per heavy atom. The second kappa shape index (κ2) is 8.52. The van der Waals surface area contributed by atoms with E-state index in [2.05, 4.69) is 12.0 Å². The van der Waals surface area contributed by atoms with Crippen molar-refractivity contribution < 1.29 is 9.47 Å². The van der Waals surface area contributed by atoms with Crippen LogP contribution in [0.15, 0.2) is 29.4 Å². The molecule has 4 N–H and O–H groups in total. The van der Waals surface area contributed by atoms with E-state index < -0.39 is 0 Å². The Hall–Kier alpha value is -1.56. The minimum Gasteiger partial charge on any atom is -0.494 e. The summed E-state index contributed by atoms with van der Waals surface area (Å²) >= 11 is 1.36. The third kappa shape index (κ3) is 5.67. The van der Waals surface area contributed by atoms with Gasteiger partial charge in [-0.15, -0.1) is 0 Å². The molecular weight excluding hydrogens is 250 g/mol. The number of nitrogens with zero attached hydrogens (tertiary/aromatic N) is 1. The van der Waals surface area contributed by atoms with Gasteiger partial charge in [0, 0.05) is 5.75 Å². The third-order valence-corrected chi connectivity index (χ3v) is 2.80. The largest absolute Gasteiger partial charge is 0.494 e. The molecule has 6 heteroatoms. The van der Waals surface area contributed by atoms with Crippen LogP contribution in [0.5, 0.6) is 11.5 Å². The summed E-state index contributed by atoms with van der Waals surface area (Å²) in [6, 6.07) is 7.56. The van der Waals surface area contributed by atoms with Crippen LogP contribution < -0.4 is 21.1 Å². The number of amidine groups is 1. The predicted molar refractivity (Wildman–Crippen MR) is 76.0 cm³/mol. The van der Waals surface area contributed by atoms with Crippen molar-refractivity contribution in [2.75, 3.05) is 19.0 Å². The minimum atomic E-state index is 0.363. The van der Waals surface area contributed by atoms with Crippen LogP contribution >= 0.6 is 11.8 Å². The van der Waals surface area contributed by atoms with Crippen molar-refractivity contribution in [2.45, 2.75) is 13.3 Å². The summed E-state index contributed by atoms with van der Waals surface area (Å²) in [5.74, 6) is 7.39. The number of hydrogen-bond acceptors (Lipinski definition) is 5. The molecule has 1 rings (SSSR count). The molecule has 0 amide bonds. The molecule has 0 saturated heterocycles. The molecule has 5 nitrogen and oxygen atoms in total. The summed E-state index contributed by atoms with van der Waals surface area (Å²) in [7, 11) is 0. The molecule has 0 spiro atoms. The number of benzene rings is 1. The first-order valence-electron chi connectivity index (χ1n) is 5.78. The van der Waals surface area contributed by atoms with E-state index in [1.165, 1.54) is 11.8 Å². The number of hydrazone groups is 1. The van der Waals surface area contributed by atoms with Crippen molar-refractivity contribution in [2.24, 2.45) is 16.7 Å². The third-order valence-electron chi connectivity index (χ3n) is 2.03. The lowest BCUT2D eigenvalue weighted by atomic mass is 10.3. The molecule has 0 bridgehead atoms. The summed E-state index contributed by atoms with van der Waals surface area (Å²) in [4.78, 5) is 0. The second-order valence-corrected chi connectivity index (χ2v) is 4.60. The summed E-state index contributed by atoms with van der Waals surface area (Å²) < 4.78 is 11.0. The fraction of sp³-hybridized carbons (Fsp3) is 0.417. The molecule has 18 heavy (non-hydrogen) atoms. The van der Waals surface area contributed by atoms with Gasteiger partial charge in [-0.1, -0.05) is 18.7 Å². The van der Waals surface area contributed by atoms with Gasteiger partial charge in [0.25, 0.3) is 0 Å². The number of ether oxygens (including phenoxy) is 2. The van der Waals surface area contributed by atoms with Gasteiger partial charge < -0.3 is 21.1 Å². The molecule has 100 valence electrons. The maximum absolute atomic E-state index is 5.53. The SMILES string of the molecule is CCCOc1ccc(OCCSC(N)=NN)cc1. The molecule has 0 saturated carbocycles. The first kappa shape index (κ1) is 14.5. The molecule has 0 radical (unpaired) electrons. The van der Waals surface area contributed by atoms with E-state index in [-0.39, 0.29) is 0 Å². The van der Waals surface area contributed by atoms with Gasteiger partial charge in [0.15, 0.2) is 5.17 Å². The van der Waals surface area contributed by atoms with Crippen molar-refractivity contribution in [3.8, 4) is 11.5 Å². The molecule has 0 aliphatic carbocycles. The van der Waals surface area contributed by atoms with Gasteiger partial charge in [0.2, 0.25) is 0 Å². The average Bonchev–Trinajstić information content (AvgIpc) is 2.42. The van der Waals surface area contributed by atoms with Crippen LogP contribution in [0.1, 0.15) is 13.3 Å². The highest BCUT2D eigenvalue weighted by Gasteiger charge is 1.97. The zero-order chi connectivity index (χ0) is 13.2. The van der Waals surface area contributed by atoms with E-state index in [9.17, 15) is 0 Å². The Morgan fingerprint density at radius 1 is 1.17 bits per heavy atom. The van der Waals surface area contributed by atoms with Crippen LogP contribution in [0.2, 0.25) is 0 Å². The Balaban J connectivity index is 2.26. The molecule has 1 aromatic rings. The molecule has 0 aliphatic heterocycles. The van der Waals surface area contributed by atoms with Gasteiger partial charge in [-0.2, -0.15) is 5.10 Å². The highest BCUT2D eigenvalue weighted by Crippen LogP contribution is 2.17. The van der Waals surface area contributed by atoms with Crippen LogP contribution in [-0.2, 0) is 0 Å². The van der Waals surface area contributed by atoms with Crippen molar-refractivity contribution >= 4 is 16.9 Å². The van der Waals surface area contributed by atoms with Crippen molar-refractivity contribution in [1.82, 2.24) is 0 Å². The maximum atomic E-state index is 5.53. The molecule has 0 unspecified atom stereocenters. The van der Waals surface area contributed by atoms with Crippen molar-refractivity contribution in [3.63, 3.8) is 0 Å². The van der Waals surface area contributed by atoms with Gasteiger partial charge >= 0.3 is 0 Å². The smallest absolute Gasteiger partial charge is 0.177 e. The lowest BCUT2D eigenvalue weighted by molar-refractivity contribution is 0.314. The van der Waals surface area contributed by atoms with E-state index in [4.69, 9.17) is 21.1 Å². The average molecular weight is 269 g/mol. The van der Waals surface area contributed by atoms with Crippen LogP contribution in [0.25, 0.3) is 0 Å². The quantitative estimate of drug-likeness (QED) is 0.259. The number of hydrogen-bond donors (Lipinski definition) is 2. The van der Waals surface area contributed by atoms with Gasteiger partial charge in [0.05, 0.1) is 13.2 Å². The minimum absolute atomic E-state index is 0.363. The van der Waals surface area contributed by atoms with Gasteiger partial charge in [-0.25, -0.2) is 0 Å². The van der Waals surface area contributed by atoms with Crippen molar-refractivity contribution in [1.29, 1.82) is 0 Å². The standard InChI is InChI=1S/C12H19N3O2S/c1-2-7-16-10-3-5-11(6-4-10)17-8-9-18-12(13)15-14/h3-6H,2,7-9,14H2,1H3,(H2,13,15). The van der Waals surface area contributed by atoms with E-state index in [1.807, 2.05) is 24.3 Å². The van der Waals surface area contributed by atoms with E-state index in [0.29, 0.717) is 17.5 Å². The Morgan fingerprint density at radius 2 is 1.72 bits per heavy atom. The van der Waals surface area contributed by atoms with Crippen LogP contribution in [0, 0.1) is 0 Å². The first-order chi connectivity index (χ1) is 8.76. The Labute approximate surface area is 112 Å². The molecule has 0 aromatic heterocycles. The fourth-order valence-electron chi connectivity index (χ4n) is 1.20. The highest BCUT2D eigenvalue weighted by atomic mass is 32.2. The summed E-state index contributed by atoms with van der Waals surface area (Å²) in [6.45, 7) is 3.36. The Bertz CT molecular complexity index is 368. The van der Waals surface area contributed by atoms with E-state index in [1.54, 1.807) is 0 Å². The fourth-order valence-corrected chi connectivity index (χ4v) is 1.65. The normalized spacial score (nSPS) is 11.3. The van der Waals surface area contributed by atoms with E-state index >= 15 is 0 Å². The van der Waals surface area contributed by atoms with E-state index in [0.717, 1.165) is 24.5 Å². The summed E-state index contributed by atoms with van der Waals surface area (Å²) in [5.41, 5.74) is 5.43. The van der Waals surface area contributed by atoms with Crippen LogP contribution in [-0.4, -0.2) is 24.1 Å². The molecule has 0 atom stereocenters. The van der Waals surface area contributed by atoms with Gasteiger partial charge in [-0.3, -0.25) is 0 Å². The monoisotopic (exact) mass is 269 g/mol. The predicted octanol–water partition coefficient (Wildman–Crippen LogP) is 1.78. The lowest BCUT2D eigenvalue weighted by Gasteiger charge is -2.07. The zero-order valence-corrected chi connectivity index (χ0v) is 11.3.